The van der Waals surface area contributed by atoms with Crippen molar-refractivity contribution in [1.29, 1.82) is 5.41 Å². The summed E-state index contributed by atoms with van der Waals surface area (Å²) in [6.07, 6.45) is 2.95. The van der Waals surface area contributed by atoms with Crippen LogP contribution in [0.1, 0.15) is 5.69 Å². The van der Waals surface area contributed by atoms with Gasteiger partial charge in [0.05, 0.1) is 0 Å². The van der Waals surface area contributed by atoms with Gasteiger partial charge in [-0.15, -0.1) is 0 Å². The number of amidine groups is 1. The molecule has 0 amide bonds. The minimum atomic E-state index is -0.198. The van der Waals surface area contributed by atoms with E-state index in [0.29, 0.717) is 10.8 Å². The van der Waals surface area contributed by atoms with Crippen molar-refractivity contribution in [2.24, 2.45) is 5.73 Å². The third-order valence-corrected chi connectivity index (χ3v) is 3.29. The van der Waals surface area contributed by atoms with E-state index in [0.717, 1.165) is 10.8 Å². The minimum absolute atomic E-state index is 0.192. The normalized spacial score (nSPS) is 10.5. The average molecular weight is 299 g/mol. The van der Waals surface area contributed by atoms with E-state index in [4.69, 9.17) is 27.5 Å². The maximum Gasteiger partial charge on any atom is 0.249 e. The number of hydrogen-bond acceptors (Lipinski definition) is 4. The van der Waals surface area contributed by atoms with Crippen molar-refractivity contribution in [2.45, 2.75) is 0 Å². The highest BCUT2D eigenvalue weighted by molar-refractivity contribution is 6.35. The number of hydrogen-bond donors (Lipinski definition) is 2. The zero-order valence-corrected chi connectivity index (χ0v) is 11.6. The Morgan fingerprint density at radius 2 is 1.76 bits per heavy atom. The summed E-state index contributed by atoms with van der Waals surface area (Å²) in [5.41, 5.74) is 5.69. The number of nitrogens with one attached hydrogen (secondary N) is 1. The van der Waals surface area contributed by atoms with Crippen LogP contribution < -0.4 is 10.5 Å². The highest BCUT2D eigenvalue weighted by Crippen LogP contribution is 2.33. The predicted octanol–water partition coefficient (Wildman–Crippen LogP) is 3.36. The van der Waals surface area contributed by atoms with Crippen LogP contribution in [0.5, 0.6) is 11.6 Å². The van der Waals surface area contributed by atoms with E-state index in [1.807, 2.05) is 24.3 Å². The molecule has 0 fully saturated rings. The molecular formula is C15H11ClN4O. The number of benzene rings is 2. The van der Waals surface area contributed by atoms with Gasteiger partial charge in [-0.1, -0.05) is 35.9 Å². The number of halogens is 1. The van der Waals surface area contributed by atoms with Crippen LogP contribution in [0, 0.1) is 5.41 Å². The molecule has 0 radical (unpaired) electrons. The number of rotatable bonds is 3. The molecule has 3 aromatic rings. The molecular weight excluding hydrogens is 288 g/mol. The van der Waals surface area contributed by atoms with Crippen molar-refractivity contribution in [3.05, 3.63) is 59.5 Å². The number of nitrogens with two attached hydrogens (primary N) is 1. The van der Waals surface area contributed by atoms with Gasteiger partial charge in [0.1, 0.15) is 11.6 Å². The van der Waals surface area contributed by atoms with E-state index in [1.165, 1.54) is 12.4 Å². The van der Waals surface area contributed by atoms with Gasteiger partial charge in [0, 0.05) is 28.2 Å². The summed E-state index contributed by atoms with van der Waals surface area (Å²) in [5.74, 6) is 0.576. The van der Waals surface area contributed by atoms with Crippen LogP contribution in [-0.4, -0.2) is 15.8 Å². The second kappa shape index (κ2) is 5.38. The molecule has 0 aliphatic carbocycles. The van der Waals surface area contributed by atoms with Crippen molar-refractivity contribution in [3.63, 3.8) is 0 Å². The van der Waals surface area contributed by atoms with E-state index >= 15 is 0 Å². The Bertz CT molecular complexity index is 835. The van der Waals surface area contributed by atoms with Gasteiger partial charge in [0.25, 0.3) is 0 Å². The fourth-order valence-electron chi connectivity index (χ4n) is 2.01. The topological polar surface area (TPSA) is 84.9 Å². The molecule has 0 aliphatic rings. The summed E-state index contributed by atoms with van der Waals surface area (Å²) in [6, 6.07) is 11.1. The summed E-state index contributed by atoms with van der Waals surface area (Å²) in [6.45, 7) is 0. The third kappa shape index (κ3) is 2.51. The number of ether oxygens (including phenoxy) is 1. The zero-order chi connectivity index (χ0) is 14.8. The number of nitrogens with zero attached hydrogens (tertiary/aromatic N) is 2. The van der Waals surface area contributed by atoms with Gasteiger partial charge < -0.3 is 10.5 Å². The fraction of sp³-hybridized carbons (Fsp3) is 0. The lowest BCUT2D eigenvalue weighted by Gasteiger charge is -2.11. The van der Waals surface area contributed by atoms with E-state index < -0.39 is 0 Å². The maximum absolute atomic E-state index is 7.51. The Balaban J connectivity index is 2.11. The van der Waals surface area contributed by atoms with Crippen LogP contribution in [-0.2, 0) is 0 Å². The quantitative estimate of drug-likeness (QED) is 0.573. The summed E-state index contributed by atoms with van der Waals surface area (Å²) < 4.78 is 5.79. The Morgan fingerprint density at radius 3 is 2.52 bits per heavy atom. The fourth-order valence-corrected chi connectivity index (χ4v) is 2.24. The maximum atomic E-state index is 7.51. The SMILES string of the molecule is N=C(N)c1nccnc1Oc1ccc(Cl)c2ccccc12. The van der Waals surface area contributed by atoms with Crippen LogP contribution in [0.15, 0.2) is 48.8 Å². The Morgan fingerprint density at radius 1 is 1.05 bits per heavy atom. The van der Waals surface area contributed by atoms with E-state index in [9.17, 15) is 0 Å². The predicted molar refractivity (Wildman–Crippen MR) is 82.1 cm³/mol. The highest BCUT2D eigenvalue weighted by atomic mass is 35.5. The highest BCUT2D eigenvalue weighted by Gasteiger charge is 2.12. The molecule has 3 N–H and O–H groups in total. The van der Waals surface area contributed by atoms with Gasteiger partial charge >= 0.3 is 0 Å². The van der Waals surface area contributed by atoms with E-state index in [2.05, 4.69) is 9.97 Å². The lowest BCUT2D eigenvalue weighted by molar-refractivity contribution is 0.464. The smallest absolute Gasteiger partial charge is 0.249 e. The van der Waals surface area contributed by atoms with E-state index in [1.54, 1.807) is 12.1 Å². The standard InChI is InChI=1S/C15H11ClN4O/c16-11-5-6-12(10-4-2-1-3-9(10)11)21-15-13(14(17)18)19-7-8-20-15/h1-8H,(H3,17,18). The molecule has 0 saturated carbocycles. The molecule has 3 rings (SSSR count). The van der Waals surface area contributed by atoms with Crippen molar-refractivity contribution in [2.75, 3.05) is 0 Å². The lowest BCUT2D eigenvalue weighted by atomic mass is 10.1. The molecule has 1 aromatic heterocycles. The van der Waals surface area contributed by atoms with E-state index in [-0.39, 0.29) is 17.4 Å². The third-order valence-electron chi connectivity index (χ3n) is 2.96. The van der Waals surface area contributed by atoms with Crippen molar-refractivity contribution >= 4 is 28.2 Å². The molecule has 0 bridgehead atoms. The molecule has 6 heteroatoms. The first-order valence-electron chi connectivity index (χ1n) is 6.17. The van der Waals surface area contributed by atoms with Crippen LogP contribution in [0.25, 0.3) is 10.8 Å². The largest absolute Gasteiger partial charge is 0.436 e. The van der Waals surface area contributed by atoms with Gasteiger partial charge in [-0.05, 0) is 12.1 Å². The number of aromatic nitrogens is 2. The molecule has 104 valence electrons. The summed E-state index contributed by atoms with van der Waals surface area (Å²) in [5, 5.41) is 9.89. The molecule has 2 aromatic carbocycles. The van der Waals surface area contributed by atoms with Gasteiger partial charge in [-0.2, -0.15) is 0 Å². The van der Waals surface area contributed by atoms with Gasteiger partial charge in [0.2, 0.25) is 5.88 Å². The molecule has 21 heavy (non-hydrogen) atoms. The van der Waals surface area contributed by atoms with Crippen molar-refractivity contribution < 1.29 is 4.74 Å². The molecule has 0 aliphatic heterocycles. The molecule has 0 saturated heterocycles. The first-order valence-corrected chi connectivity index (χ1v) is 6.55. The second-order valence-corrected chi connectivity index (χ2v) is 4.72. The Kier molecular flexibility index (Phi) is 3.41. The first kappa shape index (κ1) is 13.3. The number of nitrogen functional groups attached to an aromatic ring is 1. The van der Waals surface area contributed by atoms with Gasteiger partial charge in [-0.3, -0.25) is 5.41 Å². The molecule has 0 unspecified atom stereocenters. The summed E-state index contributed by atoms with van der Waals surface area (Å²) in [4.78, 5) is 8.09. The second-order valence-electron chi connectivity index (χ2n) is 4.32. The van der Waals surface area contributed by atoms with Gasteiger partial charge in [0.15, 0.2) is 5.69 Å². The minimum Gasteiger partial charge on any atom is -0.436 e. The van der Waals surface area contributed by atoms with Crippen LogP contribution in [0.4, 0.5) is 0 Å². The van der Waals surface area contributed by atoms with Crippen molar-refractivity contribution in [3.8, 4) is 11.6 Å². The van der Waals surface area contributed by atoms with Crippen LogP contribution in [0.3, 0.4) is 0 Å². The Labute approximate surface area is 125 Å². The zero-order valence-electron chi connectivity index (χ0n) is 10.9. The lowest BCUT2D eigenvalue weighted by Crippen LogP contribution is -2.15. The van der Waals surface area contributed by atoms with Crippen LogP contribution >= 0.6 is 11.6 Å². The van der Waals surface area contributed by atoms with Crippen LogP contribution in [0.2, 0.25) is 5.02 Å². The summed E-state index contributed by atoms with van der Waals surface area (Å²) in [7, 11) is 0. The average Bonchev–Trinajstić information content (AvgIpc) is 2.51. The monoisotopic (exact) mass is 298 g/mol. The summed E-state index contributed by atoms with van der Waals surface area (Å²) >= 11 is 6.18. The molecule has 0 atom stereocenters. The Hall–Kier alpha value is -2.66. The van der Waals surface area contributed by atoms with Gasteiger partial charge in [-0.25, -0.2) is 9.97 Å². The molecule has 5 nitrogen and oxygen atoms in total. The number of fused-ring (bicyclic) bond motifs is 1. The van der Waals surface area contributed by atoms with Crippen molar-refractivity contribution in [1.82, 2.24) is 9.97 Å². The first-order chi connectivity index (χ1) is 10.2. The molecule has 1 heterocycles. The molecule has 0 spiro atoms.